The van der Waals surface area contributed by atoms with Crippen LogP contribution in [0.4, 0.5) is 0 Å². The summed E-state index contributed by atoms with van der Waals surface area (Å²) in [5.74, 6) is -0.0660. The van der Waals surface area contributed by atoms with Gasteiger partial charge in [0.1, 0.15) is 0 Å². The number of rotatable bonds is 2. The van der Waals surface area contributed by atoms with Crippen molar-refractivity contribution in [1.29, 1.82) is 0 Å². The number of nitrogens with zero attached hydrogens (tertiary/aromatic N) is 4. The average molecular weight is 274 g/mol. The predicted octanol–water partition coefficient (Wildman–Crippen LogP) is 2.51. The molecule has 0 radical (unpaired) electrons. The lowest BCUT2D eigenvalue weighted by Gasteiger charge is -2.02. The molecule has 5 nitrogen and oxygen atoms in total. The van der Waals surface area contributed by atoms with E-state index < -0.39 is 0 Å². The van der Waals surface area contributed by atoms with Crippen LogP contribution in [0.15, 0.2) is 61.3 Å². The number of ketones is 1. The molecule has 0 aliphatic heterocycles. The summed E-state index contributed by atoms with van der Waals surface area (Å²) in [4.78, 5) is 21.0. The van der Waals surface area contributed by atoms with Crippen LogP contribution in [0.2, 0.25) is 0 Å². The first-order valence-electron chi connectivity index (χ1n) is 6.50. The number of pyridine rings is 1. The highest BCUT2D eigenvalue weighted by atomic mass is 16.1. The van der Waals surface area contributed by atoms with Crippen molar-refractivity contribution in [3.8, 4) is 0 Å². The number of benzene rings is 1. The molecule has 0 bridgehead atoms. The molecule has 0 N–H and O–H groups in total. The monoisotopic (exact) mass is 274 g/mol. The minimum Gasteiger partial charge on any atom is -0.288 e. The van der Waals surface area contributed by atoms with Gasteiger partial charge in [0.05, 0.1) is 29.0 Å². The van der Waals surface area contributed by atoms with Crippen LogP contribution in [-0.4, -0.2) is 25.4 Å². The van der Waals surface area contributed by atoms with E-state index in [1.54, 1.807) is 41.6 Å². The first kappa shape index (κ1) is 11.7. The van der Waals surface area contributed by atoms with E-state index in [4.69, 9.17) is 0 Å². The van der Waals surface area contributed by atoms with E-state index in [-0.39, 0.29) is 5.78 Å². The van der Waals surface area contributed by atoms with Crippen LogP contribution in [-0.2, 0) is 0 Å². The van der Waals surface area contributed by atoms with Gasteiger partial charge in [-0.25, -0.2) is 4.52 Å². The molecule has 4 rings (SSSR count). The van der Waals surface area contributed by atoms with Crippen molar-refractivity contribution in [3.63, 3.8) is 0 Å². The molecule has 3 aromatic heterocycles. The second-order valence-corrected chi connectivity index (χ2v) is 4.70. The Bertz CT molecular complexity index is 974. The van der Waals surface area contributed by atoms with Crippen LogP contribution >= 0.6 is 0 Å². The Kier molecular flexibility index (Phi) is 2.50. The Morgan fingerprint density at radius 2 is 2.05 bits per heavy atom. The van der Waals surface area contributed by atoms with E-state index in [1.165, 1.54) is 0 Å². The van der Waals surface area contributed by atoms with Gasteiger partial charge in [0.2, 0.25) is 0 Å². The SMILES string of the molecule is O=C(c1ccc2ncccc2c1)c1cnn2ccncc12. The fourth-order valence-corrected chi connectivity index (χ4v) is 2.38. The van der Waals surface area contributed by atoms with Crippen molar-refractivity contribution in [2.45, 2.75) is 0 Å². The molecule has 21 heavy (non-hydrogen) atoms. The molecule has 0 amide bonds. The Morgan fingerprint density at radius 3 is 3.00 bits per heavy atom. The zero-order valence-corrected chi connectivity index (χ0v) is 11.0. The largest absolute Gasteiger partial charge is 0.288 e. The van der Waals surface area contributed by atoms with Gasteiger partial charge in [0.25, 0.3) is 0 Å². The van der Waals surface area contributed by atoms with Crippen LogP contribution in [0.1, 0.15) is 15.9 Å². The Hall–Kier alpha value is -3.08. The van der Waals surface area contributed by atoms with Gasteiger partial charge in [0, 0.05) is 29.5 Å². The van der Waals surface area contributed by atoms with Crippen molar-refractivity contribution in [2.75, 3.05) is 0 Å². The van der Waals surface area contributed by atoms with Gasteiger partial charge in [-0.3, -0.25) is 14.8 Å². The summed E-state index contributed by atoms with van der Waals surface area (Å²) in [5, 5.41) is 5.11. The Morgan fingerprint density at radius 1 is 1.10 bits per heavy atom. The van der Waals surface area contributed by atoms with Crippen LogP contribution in [0.3, 0.4) is 0 Å². The molecule has 0 unspecified atom stereocenters. The highest BCUT2D eigenvalue weighted by molar-refractivity contribution is 6.14. The van der Waals surface area contributed by atoms with Crippen LogP contribution < -0.4 is 0 Å². The highest BCUT2D eigenvalue weighted by Crippen LogP contribution is 2.18. The molecule has 0 saturated carbocycles. The lowest BCUT2D eigenvalue weighted by molar-refractivity contribution is 0.104. The molecular weight excluding hydrogens is 264 g/mol. The molecular formula is C16H10N4O. The molecule has 3 heterocycles. The molecule has 1 aromatic carbocycles. The van der Waals surface area contributed by atoms with Crippen molar-refractivity contribution >= 4 is 22.2 Å². The topological polar surface area (TPSA) is 60.2 Å². The van der Waals surface area contributed by atoms with E-state index in [0.29, 0.717) is 16.6 Å². The molecule has 0 atom stereocenters. The molecule has 0 aliphatic carbocycles. The molecule has 0 saturated heterocycles. The first-order chi connectivity index (χ1) is 10.3. The second kappa shape index (κ2) is 4.49. The Balaban J connectivity index is 1.86. The minimum absolute atomic E-state index is 0.0660. The third-order valence-electron chi connectivity index (χ3n) is 3.43. The lowest BCUT2D eigenvalue weighted by atomic mass is 10.0. The second-order valence-electron chi connectivity index (χ2n) is 4.70. The molecule has 5 heteroatoms. The van der Waals surface area contributed by atoms with Gasteiger partial charge in [0.15, 0.2) is 5.78 Å². The summed E-state index contributed by atoms with van der Waals surface area (Å²) in [6.45, 7) is 0. The third-order valence-corrected chi connectivity index (χ3v) is 3.43. The van der Waals surface area contributed by atoms with Gasteiger partial charge in [-0.15, -0.1) is 0 Å². The summed E-state index contributed by atoms with van der Waals surface area (Å²) in [6.07, 6.45) is 8.31. The van der Waals surface area contributed by atoms with Gasteiger partial charge < -0.3 is 0 Å². The zero-order chi connectivity index (χ0) is 14.2. The summed E-state index contributed by atoms with van der Waals surface area (Å²) in [6, 6.07) is 9.29. The third kappa shape index (κ3) is 1.87. The van der Waals surface area contributed by atoms with Crippen molar-refractivity contribution in [2.24, 2.45) is 0 Å². The van der Waals surface area contributed by atoms with E-state index in [1.807, 2.05) is 24.3 Å². The number of carbonyl (C=O) groups excluding carboxylic acids is 1. The van der Waals surface area contributed by atoms with E-state index in [9.17, 15) is 4.79 Å². The highest BCUT2D eigenvalue weighted by Gasteiger charge is 2.15. The molecule has 0 fully saturated rings. The van der Waals surface area contributed by atoms with Crippen molar-refractivity contribution < 1.29 is 4.79 Å². The van der Waals surface area contributed by atoms with Gasteiger partial charge in [-0.1, -0.05) is 6.07 Å². The van der Waals surface area contributed by atoms with Crippen LogP contribution in [0.25, 0.3) is 16.4 Å². The Labute approximate surface area is 119 Å². The predicted molar refractivity (Wildman–Crippen MR) is 78.2 cm³/mol. The molecule has 0 spiro atoms. The van der Waals surface area contributed by atoms with E-state index >= 15 is 0 Å². The number of hydrogen-bond donors (Lipinski definition) is 0. The maximum absolute atomic E-state index is 12.7. The number of carbonyl (C=O) groups is 1. The summed E-state index contributed by atoms with van der Waals surface area (Å²) in [7, 11) is 0. The summed E-state index contributed by atoms with van der Waals surface area (Å²) in [5.41, 5.74) is 2.74. The quantitative estimate of drug-likeness (QED) is 0.527. The van der Waals surface area contributed by atoms with Crippen LogP contribution in [0, 0.1) is 0 Å². The normalized spacial score (nSPS) is 11.0. The smallest absolute Gasteiger partial charge is 0.196 e. The number of fused-ring (bicyclic) bond motifs is 2. The van der Waals surface area contributed by atoms with E-state index in [2.05, 4.69) is 15.1 Å². The van der Waals surface area contributed by atoms with E-state index in [0.717, 1.165) is 10.9 Å². The standard InChI is InChI=1S/C16H10N4O/c21-16(13-9-19-20-7-6-17-10-15(13)20)12-3-4-14-11(8-12)2-1-5-18-14/h1-10H. The summed E-state index contributed by atoms with van der Waals surface area (Å²) < 4.78 is 1.64. The van der Waals surface area contributed by atoms with Crippen molar-refractivity contribution in [3.05, 3.63) is 72.4 Å². The average Bonchev–Trinajstić information content (AvgIpc) is 2.98. The van der Waals surface area contributed by atoms with Crippen molar-refractivity contribution in [1.82, 2.24) is 19.6 Å². The van der Waals surface area contributed by atoms with Gasteiger partial charge in [-0.05, 0) is 24.3 Å². The summed E-state index contributed by atoms with van der Waals surface area (Å²) >= 11 is 0. The van der Waals surface area contributed by atoms with Gasteiger partial charge >= 0.3 is 0 Å². The maximum atomic E-state index is 12.7. The van der Waals surface area contributed by atoms with Crippen LogP contribution in [0.5, 0.6) is 0 Å². The van der Waals surface area contributed by atoms with Gasteiger partial charge in [-0.2, -0.15) is 5.10 Å². The fourth-order valence-electron chi connectivity index (χ4n) is 2.38. The lowest BCUT2D eigenvalue weighted by Crippen LogP contribution is -2.01. The fraction of sp³-hybridized carbons (Fsp3) is 0. The zero-order valence-electron chi connectivity index (χ0n) is 11.0. The molecule has 100 valence electrons. The molecule has 4 aromatic rings. The number of aromatic nitrogens is 4. The number of hydrogen-bond acceptors (Lipinski definition) is 4. The minimum atomic E-state index is -0.0660. The molecule has 0 aliphatic rings. The first-order valence-corrected chi connectivity index (χ1v) is 6.50. The maximum Gasteiger partial charge on any atom is 0.196 e.